The van der Waals surface area contributed by atoms with E-state index in [2.05, 4.69) is 10.3 Å². The molecule has 3 rings (SSSR count). The van der Waals surface area contributed by atoms with Crippen molar-refractivity contribution in [3.8, 4) is 6.07 Å². The average molecular weight is 359 g/mol. The van der Waals surface area contributed by atoms with Crippen LogP contribution in [0.5, 0.6) is 0 Å². The van der Waals surface area contributed by atoms with Gasteiger partial charge in [-0.25, -0.2) is 4.79 Å². The molecule has 7 nitrogen and oxygen atoms in total. The van der Waals surface area contributed by atoms with Gasteiger partial charge in [0.25, 0.3) is 5.56 Å². The Kier molecular flexibility index (Phi) is 4.99. The van der Waals surface area contributed by atoms with Gasteiger partial charge in [-0.3, -0.25) is 18.9 Å². The highest BCUT2D eigenvalue weighted by atomic mass is 16.2. The zero-order chi connectivity index (χ0) is 19.4. The van der Waals surface area contributed by atoms with Gasteiger partial charge in [-0.1, -0.05) is 24.3 Å². The van der Waals surface area contributed by atoms with Crippen LogP contribution in [0, 0.1) is 11.3 Å². The van der Waals surface area contributed by atoms with Crippen molar-refractivity contribution in [2.24, 2.45) is 14.1 Å². The van der Waals surface area contributed by atoms with Gasteiger partial charge >= 0.3 is 5.69 Å². The van der Waals surface area contributed by atoms with E-state index in [-0.39, 0.29) is 11.4 Å². The minimum atomic E-state index is -0.630. The van der Waals surface area contributed by atoms with Gasteiger partial charge in [0.15, 0.2) is 5.56 Å². The standard InChI is InChI=1S/C20H17N5O2/c1-24-18(17(13-21)19(26)25(2)20(24)27)23-16-8-5-6-14(12-16)9-10-15-7-3-4-11-22-15/h3-12,23H,1-2H3. The maximum atomic E-state index is 12.2. The number of nitrogens with zero attached hydrogens (tertiary/aromatic N) is 4. The first-order chi connectivity index (χ1) is 13.0. The van der Waals surface area contributed by atoms with E-state index in [1.54, 1.807) is 12.3 Å². The van der Waals surface area contributed by atoms with E-state index >= 15 is 0 Å². The zero-order valence-corrected chi connectivity index (χ0v) is 14.9. The molecule has 0 aliphatic rings. The first-order valence-electron chi connectivity index (χ1n) is 8.17. The van der Waals surface area contributed by atoms with Crippen LogP contribution < -0.4 is 16.6 Å². The highest BCUT2D eigenvalue weighted by Gasteiger charge is 2.15. The van der Waals surface area contributed by atoms with Crippen LogP contribution in [0.25, 0.3) is 12.2 Å². The van der Waals surface area contributed by atoms with Crippen molar-refractivity contribution in [3.05, 3.63) is 86.3 Å². The largest absolute Gasteiger partial charge is 0.340 e. The fourth-order valence-corrected chi connectivity index (χ4v) is 2.60. The van der Waals surface area contributed by atoms with E-state index < -0.39 is 11.2 Å². The Morgan fingerprint density at radius 2 is 1.89 bits per heavy atom. The lowest BCUT2D eigenvalue weighted by Crippen LogP contribution is -2.39. The second kappa shape index (κ2) is 7.54. The van der Waals surface area contributed by atoms with Gasteiger partial charge in [0.05, 0.1) is 5.69 Å². The maximum Gasteiger partial charge on any atom is 0.332 e. The molecular weight excluding hydrogens is 342 g/mol. The van der Waals surface area contributed by atoms with Crippen LogP contribution in [-0.4, -0.2) is 14.1 Å². The normalized spacial score (nSPS) is 10.7. The van der Waals surface area contributed by atoms with Gasteiger partial charge in [0.2, 0.25) is 0 Å². The summed E-state index contributed by atoms with van der Waals surface area (Å²) in [7, 11) is 2.86. The average Bonchev–Trinajstić information content (AvgIpc) is 2.70. The fraction of sp³-hybridized carbons (Fsp3) is 0.100. The molecule has 2 heterocycles. The molecule has 0 saturated heterocycles. The molecule has 0 saturated carbocycles. The Balaban J connectivity index is 1.96. The molecule has 2 aromatic heterocycles. The van der Waals surface area contributed by atoms with Crippen molar-refractivity contribution < 1.29 is 0 Å². The molecule has 1 aromatic carbocycles. The molecular formula is C20H17N5O2. The molecule has 0 spiro atoms. The van der Waals surface area contributed by atoms with Gasteiger partial charge < -0.3 is 5.32 Å². The lowest BCUT2D eigenvalue weighted by atomic mass is 10.1. The van der Waals surface area contributed by atoms with Gasteiger partial charge in [-0.2, -0.15) is 5.26 Å². The second-order valence-corrected chi connectivity index (χ2v) is 5.88. The summed E-state index contributed by atoms with van der Waals surface area (Å²) < 4.78 is 2.16. The summed E-state index contributed by atoms with van der Waals surface area (Å²) in [4.78, 5) is 28.6. The van der Waals surface area contributed by atoms with Crippen molar-refractivity contribution in [1.82, 2.24) is 14.1 Å². The SMILES string of the molecule is Cn1c(Nc2cccc(C=Cc3ccccn3)c2)c(C#N)c(=O)n(C)c1=O. The molecule has 0 fully saturated rings. The molecule has 0 atom stereocenters. The lowest BCUT2D eigenvalue weighted by molar-refractivity contribution is 0.689. The Hall–Kier alpha value is -3.92. The van der Waals surface area contributed by atoms with Gasteiger partial charge in [0.1, 0.15) is 11.9 Å². The number of nitriles is 1. The number of hydrogen-bond donors (Lipinski definition) is 1. The molecule has 0 bridgehead atoms. The number of hydrogen-bond acceptors (Lipinski definition) is 5. The van der Waals surface area contributed by atoms with E-state index in [4.69, 9.17) is 0 Å². The minimum absolute atomic E-state index is 0.117. The van der Waals surface area contributed by atoms with Crippen LogP contribution in [0.15, 0.2) is 58.3 Å². The molecule has 7 heteroatoms. The molecule has 0 unspecified atom stereocenters. The van der Waals surface area contributed by atoms with Crippen molar-refractivity contribution in [2.45, 2.75) is 0 Å². The number of aromatic nitrogens is 3. The quantitative estimate of drug-likeness (QED) is 0.771. The summed E-state index contributed by atoms with van der Waals surface area (Å²) in [5.41, 5.74) is 1.13. The first-order valence-corrected chi connectivity index (χ1v) is 8.17. The van der Waals surface area contributed by atoms with E-state index in [0.29, 0.717) is 5.69 Å². The lowest BCUT2D eigenvalue weighted by Gasteiger charge is -2.14. The van der Waals surface area contributed by atoms with E-state index in [1.165, 1.54) is 18.7 Å². The number of rotatable bonds is 4. The van der Waals surface area contributed by atoms with Crippen LogP contribution in [-0.2, 0) is 14.1 Å². The Morgan fingerprint density at radius 1 is 1.07 bits per heavy atom. The van der Waals surface area contributed by atoms with Crippen LogP contribution in [0.1, 0.15) is 16.8 Å². The van der Waals surface area contributed by atoms with Crippen molar-refractivity contribution >= 4 is 23.7 Å². The monoisotopic (exact) mass is 359 g/mol. The van der Waals surface area contributed by atoms with E-state index in [1.807, 2.05) is 54.6 Å². The van der Waals surface area contributed by atoms with Crippen LogP contribution >= 0.6 is 0 Å². The number of pyridine rings is 1. The van der Waals surface area contributed by atoms with Crippen LogP contribution in [0.2, 0.25) is 0 Å². The predicted molar refractivity (Wildman–Crippen MR) is 105 cm³/mol. The summed E-state index contributed by atoms with van der Waals surface area (Å²) in [6, 6.07) is 14.9. The molecule has 0 radical (unpaired) electrons. The summed E-state index contributed by atoms with van der Waals surface area (Å²) in [5, 5.41) is 12.4. The highest BCUT2D eigenvalue weighted by molar-refractivity contribution is 5.71. The zero-order valence-electron chi connectivity index (χ0n) is 14.9. The summed E-state index contributed by atoms with van der Waals surface area (Å²) in [6.45, 7) is 0. The summed E-state index contributed by atoms with van der Waals surface area (Å²) in [6.07, 6.45) is 5.51. The third-order valence-electron chi connectivity index (χ3n) is 4.06. The molecule has 3 aromatic rings. The van der Waals surface area contributed by atoms with Gasteiger partial charge in [-0.15, -0.1) is 0 Å². The van der Waals surface area contributed by atoms with Gasteiger partial charge in [0, 0.05) is 26.0 Å². The molecule has 0 aliphatic carbocycles. The van der Waals surface area contributed by atoms with Crippen molar-refractivity contribution in [2.75, 3.05) is 5.32 Å². The number of benzene rings is 1. The maximum absolute atomic E-state index is 12.2. The fourth-order valence-electron chi connectivity index (χ4n) is 2.60. The summed E-state index contributed by atoms with van der Waals surface area (Å²) >= 11 is 0. The molecule has 1 N–H and O–H groups in total. The van der Waals surface area contributed by atoms with E-state index in [0.717, 1.165) is 15.8 Å². The molecule has 134 valence electrons. The Morgan fingerprint density at radius 3 is 2.59 bits per heavy atom. The topological polar surface area (TPSA) is 92.7 Å². The molecule has 0 aliphatic heterocycles. The van der Waals surface area contributed by atoms with Crippen LogP contribution in [0.3, 0.4) is 0 Å². The van der Waals surface area contributed by atoms with E-state index in [9.17, 15) is 14.9 Å². The number of nitrogens with one attached hydrogen (secondary N) is 1. The summed E-state index contributed by atoms with van der Waals surface area (Å²) in [5.74, 6) is 0.163. The van der Waals surface area contributed by atoms with Gasteiger partial charge in [-0.05, 0) is 35.9 Å². The smallest absolute Gasteiger partial charge is 0.332 e. The third kappa shape index (κ3) is 3.70. The second-order valence-electron chi connectivity index (χ2n) is 5.88. The first kappa shape index (κ1) is 17.9. The highest BCUT2D eigenvalue weighted by Crippen LogP contribution is 2.19. The minimum Gasteiger partial charge on any atom is -0.340 e. The third-order valence-corrected chi connectivity index (χ3v) is 4.06. The Labute approximate surface area is 155 Å². The number of anilines is 2. The van der Waals surface area contributed by atoms with Crippen molar-refractivity contribution in [3.63, 3.8) is 0 Å². The Bertz CT molecular complexity index is 1170. The van der Waals surface area contributed by atoms with Crippen molar-refractivity contribution in [1.29, 1.82) is 5.26 Å². The molecule has 0 amide bonds. The predicted octanol–water partition coefficient (Wildman–Crippen LogP) is 2.26. The molecule has 27 heavy (non-hydrogen) atoms. The van der Waals surface area contributed by atoms with Crippen LogP contribution in [0.4, 0.5) is 11.5 Å².